The fourth-order valence-electron chi connectivity index (χ4n) is 4.31. The van der Waals surface area contributed by atoms with Crippen molar-refractivity contribution < 1.29 is 18.7 Å². The lowest BCUT2D eigenvalue weighted by Crippen LogP contribution is -2.44. The van der Waals surface area contributed by atoms with Crippen LogP contribution in [0.3, 0.4) is 0 Å². The smallest absolute Gasteiger partial charge is 0.268 e. The molecule has 0 radical (unpaired) electrons. The molecule has 7 heteroatoms. The zero-order chi connectivity index (χ0) is 20.4. The standard InChI is InChI=1S/C22H26FN3O3/c1-14-20-17(3-2-4-19(20)27)25-21(14)22(28)24-13-18(26-9-11-29-12-10-26)15-5-7-16(23)8-6-15/h5-8,18,25H,2-4,9-13H2,1H3,(H,24,28)/t18-/m1/s1. The number of ether oxygens (including phenoxy) is 1. The zero-order valence-electron chi connectivity index (χ0n) is 16.6. The Kier molecular flexibility index (Phi) is 5.78. The Morgan fingerprint density at radius 3 is 2.66 bits per heavy atom. The summed E-state index contributed by atoms with van der Waals surface area (Å²) in [6.07, 6.45) is 2.15. The number of halogens is 1. The van der Waals surface area contributed by atoms with Crippen LogP contribution in [0.25, 0.3) is 0 Å². The number of aromatic amines is 1. The summed E-state index contributed by atoms with van der Waals surface area (Å²) in [4.78, 5) is 30.5. The molecule has 6 nitrogen and oxygen atoms in total. The number of fused-ring (bicyclic) bond motifs is 1. The molecule has 2 N–H and O–H groups in total. The first kappa shape index (κ1) is 19.8. The molecule has 0 bridgehead atoms. The molecule has 1 amide bonds. The fraction of sp³-hybridized carbons (Fsp3) is 0.455. The van der Waals surface area contributed by atoms with Gasteiger partial charge in [0.15, 0.2) is 5.78 Å². The second kappa shape index (κ2) is 8.47. The normalized spacial score (nSPS) is 18.3. The summed E-state index contributed by atoms with van der Waals surface area (Å²) in [7, 11) is 0. The van der Waals surface area contributed by atoms with Crippen LogP contribution in [0.1, 0.15) is 56.6 Å². The Labute approximate surface area is 169 Å². The highest BCUT2D eigenvalue weighted by atomic mass is 19.1. The summed E-state index contributed by atoms with van der Waals surface area (Å²) in [6.45, 7) is 4.99. The SMILES string of the molecule is Cc1c(C(=O)NC[C@H](c2ccc(F)cc2)N2CCOCC2)[nH]c2c1C(=O)CCC2. The highest BCUT2D eigenvalue weighted by molar-refractivity contribution is 6.04. The van der Waals surface area contributed by atoms with Gasteiger partial charge in [0.05, 0.1) is 19.3 Å². The predicted octanol–water partition coefficient (Wildman–Crippen LogP) is 2.78. The van der Waals surface area contributed by atoms with Crippen molar-refractivity contribution in [3.63, 3.8) is 0 Å². The van der Waals surface area contributed by atoms with Crippen LogP contribution in [0.5, 0.6) is 0 Å². The van der Waals surface area contributed by atoms with Crippen molar-refractivity contribution >= 4 is 11.7 Å². The molecular weight excluding hydrogens is 373 g/mol. The number of morpholine rings is 1. The number of Topliss-reactive ketones (excluding diaryl/α,β-unsaturated/α-hetero) is 1. The first-order valence-corrected chi connectivity index (χ1v) is 10.1. The summed E-state index contributed by atoms with van der Waals surface area (Å²) in [5.74, 6) is -0.391. The average molecular weight is 399 g/mol. The Hall–Kier alpha value is -2.51. The van der Waals surface area contributed by atoms with E-state index in [-0.39, 0.29) is 23.5 Å². The maximum absolute atomic E-state index is 13.4. The number of hydrogen-bond donors (Lipinski definition) is 2. The third-order valence-electron chi connectivity index (χ3n) is 5.86. The summed E-state index contributed by atoms with van der Waals surface area (Å²) < 4.78 is 18.8. The number of benzene rings is 1. The van der Waals surface area contributed by atoms with Crippen molar-refractivity contribution in [1.29, 1.82) is 0 Å². The second-order valence-corrected chi connectivity index (χ2v) is 7.68. The summed E-state index contributed by atoms with van der Waals surface area (Å²) in [5, 5.41) is 3.02. The van der Waals surface area contributed by atoms with Gasteiger partial charge in [0.25, 0.3) is 5.91 Å². The van der Waals surface area contributed by atoms with Gasteiger partial charge in [0.1, 0.15) is 11.5 Å². The summed E-state index contributed by atoms with van der Waals surface area (Å²) >= 11 is 0. The highest BCUT2D eigenvalue weighted by Gasteiger charge is 2.28. The first-order chi connectivity index (χ1) is 14.0. The lowest BCUT2D eigenvalue weighted by molar-refractivity contribution is 0.0162. The van der Waals surface area contributed by atoms with E-state index >= 15 is 0 Å². The number of aromatic nitrogens is 1. The van der Waals surface area contributed by atoms with Crippen LogP contribution < -0.4 is 5.32 Å². The molecule has 1 aromatic heterocycles. The van der Waals surface area contributed by atoms with E-state index < -0.39 is 0 Å². The number of ketones is 1. The zero-order valence-corrected chi connectivity index (χ0v) is 16.6. The van der Waals surface area contributed by atoms with Gasteiger partial charge in [0.2, 0.25) is 0 Å². The topological polar surface area (TPSA) is 74.4 Å². The van der Waals surface area contributed by atoms with Gasteiger partial charge < -0.3 is 15.0 Å². The molecule has 0 saturated carbocycles. The van der Waals surface area contributed by atoms with Gasteiger partial charge in [-0.05, 0) is 43.0 Å². The third-order valence-corrected chi connectivity index (χ3v) is 5.86. The molecule has 2 heterocycles. The Morgan fingerprint density at radius 1 is 1.24 bits per heavy atom. The van der Waals surface area contributed by atoms with Gasteiger partial charge in [0, 0.05) is 37.3 Å². The van der Waals surface area contributed by atoms with E-state index in [0.717, 1.165) is 42.8 Å². The number of nitrogens with one attached hydrogen (secondary N) is 2. The number of hydrogen-bond acceptors (Lipinski definition) is 4. The Morgan fingerprint density at radius 2 is 1.97 bits per heavy atom. The number of amides is 1. The second-order valence-electron chi connectivity index (χ2n) is 7.68. The van der Waals surface area contributed by atoms with E-state index in [1.54, 1.807) is 12.1 Å². The molecule has 2 aliphatic rings. The van der Waals surface area contributed by atoms with Crippen LogP contribution in [-0.2, 0) is 11.2 Å². The van der Waals surface area contributed by atoms with Gasteiger partial charge in [-0.2, -0.15) is 0 Å². The van der Waals surface area contributed by atoms with Gasteiger partial charge >= 0.3 is 0 Å². The van der Waals surface area contributed by atoms with Gasteiger partial charge in [-0.25, -0.2) is 4.39 Å². The number of aryl methyl sites for hydroxylation is 1. The number of rotatable bonds is 5. The fourth-order valence-corrected chi connectivity index (χ4v) is 4.31. The van der Waals surface area contributed by atoms with E-state index in [4.69, 9.17) is 4.74 Å². The predicted molar refractivity (Wildman–Crippen MR) is 107 cm³/mol. The van der Waals surface area contributed by atoms with Crippen molar-refractivity contribution in [3.8, 4) is 0 Å². The average Bonchev–Trinajstić information content (AvgIpc) is 3.08. The van der Waals surface area contributed by atoms with E-state index in [0.29, 0.717) is 37.4 Å². The van der Waals surface area contributed by atoms with E-state index in [9.17, 15) is 14.0 Å². The van der Waals surface area contributed by atoms with E-state index in [1.807, 2.05) is 6.92 Å². The van der Waals surface area contributed by atoms with E-state index in [2.05, 4.69) is 15.2 Å². The summed E-state index contributed by atoms with van der Waals surface area (Å²) in [6, 6.07) is 6.34. The molecule has 1 saturated heterocycles. The van der Waals surface area contributed by atoms with E-state index in [1.165, 1.54) is 12.1 Å². The molecule has 154 valence electrons. The monoisotopic (exact) mass is 399 g/mol. The molecule has 0 spiro atoms. The largest absolute Gasteiger partial charge is 0.379 e. The number of carbonyl (C=O) groups is 2. The molecule has 1 aromatic carbocycles. The number of H-pyrrole nitrogens is 1. The van der Waals surface area contributed by atoms with Gasteiger partial charge in [-0.3, -0.25) is 14.5 Å². The molecule has 29 heavy (non-hydrogen) atoms. The molecule has 1 fully saturated rings. The van der Waals surface area contributed by atoms with Crippen LogP contribution in [0.4, 0.5) is 4.39 Å². The molecule has 0 unspecified atom stereocenters. The highest BCUT2D eigenvalue weighted by Crippen LogP contribution is 2.27. The minimum atomic E-state index is -0.282. The first-order valence-electron chi connectivity index (χ1n) is 10.1. The van der Waals surface area contributed by atoms with Crippen LogP contribution in [-0.4, -0.2) is 54.4 Å². The summed E-state index contributed by atoms with van der Waals surface area (Å²) in [5.41, 5.74) is 3.69. The minimum Gasteiger partial charge on any atom is -0.379 e. The minimum absolute atomic E-state index is 0.0741. The third kappa shape index (κ3) is 4.11. The van der Waals surface area contributed by atoms with Crippen LogP contribution in [0.15, 0.2) is 24.3 Å². The molecule has 1 aliphatic heterocycles. The molecule has 4 rings (SSSR count). The Bertz CT molecular complexity index is 901. The molecule has 2 aromatic rings. The van der Waals surface area contributed by atoms with Gasteiger partial charge in [-0.15, -0.1) is 0 Å². The van der Waals surface area contributed by atoms with Crippen LogP contribution >= 0.6 is 0 Å². The maximum Gasteiger partial charge on any atom is 0.268 e. The Balaban J connectivity index is 1.52. The molecular formula is C22H26FN3O3. The quantitative estimate of drug-likeness (QED) is 0.811. The lowest BCUT2D eigenvalue weighted by atomic mass is 9.94. The lowest BCUT2D eigenvalue weighted by Gasteiger charge is -2.35. The number of carbonyl (C=O) groups excluding carboxylic acids is 2. The van der Waals surface area contributed by atoms with Crippen molar-refractivity contribution in [1.82, 2.24) is 15.2 Å². The molecule has 1 atom stereocenters. The van der Waals surface area contributed by atoms with Crippen molar-refractivity contribution in [2.24, 2.45) is 0 Å². The number of nitrogens with zero attached hydrogens (tertiary/aromatic N) is 1. The van der Waals surface area contributed by atoms with Crippen molar-refractivity contribution in [2.75, 3.05) is 32.8 Å². The van der Waals surface area contributed by atoms with Crippen molar-refractivity contribution in [2.45, 2.75) is 32.2 Å². The molecule has 1 aliphatic carbocycles. The maximum atomic E-state index is 13.4. The van der Waals surface area contributed by atoms with Crippen LogP contribution in [0, 0.1) is 12.7 Å². The van der Waals surface area contributed by atoms with Crippen molar-refractivity contribution in [3.05, 3.63) is 58.2 Å². The van der Waals surface area contributed by atoms with Crippen LogP contribution in [0.2, 0.25) is 0 Å². The van der Waals surface area contributed by atoms with Gasteiger partial charge in [-0.1, -0.05) is 12.1 Å².